The van der Waals surface area contributed by atoms with Crippen LogP contribution >= 0.6 is 0 Å². The Morgan fingerprint density at radius 3 is 2.03 bits per heavy atom. The fraction of sp³-hybridized carbons (Fsp3) is 0.526. The number of rotatable bonds is 9. The second kappa shape index (κ2) is 11.4. The van der Waals surface area contributed by atoms with Gasteiger partial charge in [-0.3, -0.25) is 19.2 Å². The molecule has 1 aromatic rings. The molecule has 0 aliphatic carbocycles. The summed E-state index contributed by atoms with van der Waals surface area (Å²) < 4.78 is 20.3. The Morgan fingerprint density at radius 2 is 1.61 bits per heavy atom. The van der Waals surface area contributed by atoms with E-state index >= 15 is 0 Å². The van der Waals surface area contributed by atoms with Crippen LogP contribution in [0.25, 0.3) is 0 Å². The number of hydrogen-bond acceptors (Lipinski definition) is 11. The zero-order valence-electron chi connectivity index (χ0n) is 18.1. The van der Waals surface area contributed by atoms with Gasteiger partial charge in [0.15, 0.2) is 0 Å². The molecule has 12 nitrogen and oxygen atoms in total. The monoisotopic (exact) mass is 436 g/mol. The zero-order valence-corrected chi connectivity index (χ0v) is 18.1. The number of amides is 2. The van der Waals surface area contributed by atoms with Gasteiger partial charge in [-0.05, 0) is 0 Å². The minimum Gasteiger partial charge on any atom is -0.479 e. The number of carbonyl (C=O) groups excluding carboxylic acids is 4. The molecule has 2 atom stereocenters. The van der Waals surface area contributed by atoms with Crippen molar-refractivity contribution in [2.24, 2.45) is 0 Å². The number of methoxy groups -OCH3 is 2. The molecule has 0 saturated heterocycles. The third-order valence-corrected chi connectivity index (χ3v) is 3.88. The van der Waals surface area contributed by atoms with E-state index in [0.29, 0.717) is 0 Å². The molecule has 0 spiro atoms. The van der Waals surface area contributed by atoms with Crippen LogP contribution in [-0.2, 0) is 28.7 Å². The molecular formula is C19H24N4O8. The molecule has 0 bridgehead atoms. The lowest BCUT2D eigenvalue weighted by molar-refractivity contribution is -0.156. The van der Waals surface area contributed by atoms with E-state index in [1.165, 1.54) is 21.1 Å². The summed E-state index contributed by atoms with van der Waals surface area (Å²) in [6.45, 7) is 4.35. The lowest BCUT2D eigenvalue weighted by Crippen LogP contribution is -2.35. The number of esters is 2. The van der Waals surface area contributed by atoms with Gasteiger partial charge in [-0.15, -0.1) is 0 Å². The Bertz CT molecular complexity index is 882. The van der Waals surface area contributed by atoms with Crippen molar-refractivity contribution < 1.29 is 38.1 Å². The normalized spacial score (nSPS) is 12.0. The third-order valence-electron chi connectivity index (χ3n) is 3.88. The SMILES string of the molecule is COc1nc(OC)c(N(C(C)=O)C(C)=O)c(C(C#N)CC(COC(C)=O)OC(C)=O)n1. The number of nitrogens with zero attached hydrogens (tertiary/aromatic N) is 4. The molecule has 0 saturated carbocycles. The summed E-state index contributed by atoms with van der Waals surface area (Å²) in [7, 11) is 2.55. The Hall–Kier alpha value is -3.75. The Morgan fingerprint density at radius 1 is 1.00 bits per heavy atom. The summed E-state index contributed by atoms with van der Waals surface area (Å²) >= 11 is 0. The summed E-state index contributed by atoms with van der Waals surface area (Å²) in [5, 5.41) is 9.82. The molecule has 2 unspecified atom stereocenters. The van der Waals surface area contributed by atoms with Crippen LogP contribution in [0.4, 0.5) is 5.69 Å². The summed E-state index contributed by atoms with van der Waals surface area (Å²) in [6, 6.07) is 1.83. The minimum atomic E-state index is -1.12. The van der Waals surface area contributed by atoms with Crippen LogP contribution in [0.3, 0.4) is 0 Å². The van der Waals surface area contributed by atoms with E-state index in [4.69, 9.17) is 18.9 Å². The van der Waals surface area contributed by atoms with Crippen molar-refractivity contribution in [1.29, 1.82) is 5.26 Å². The summed E-state index contributed by atoms with van der Waals surface area (Å²) in [5.74, 6) is -3.86. The molecule has 168 valence electrons. The average molecular weight is 436 g/mol. The number of nitriles is 1. The van der Waals surface area contributed by atoms with E-state index in [2.05, 4.69) is 9.97 Å². The molecule has 0 aliphatic rings. The highest BCUT2D eigenvalue weighted by atomic mass is 16.6. The zero-order chi connectivity index (χ0) is 23.7. The van der Waals surface area contributed by atoms with Crippen LogP contribution in [0.1, 0.15) is 45.7 Å². The maximum Gasteiger partial charge on any atom is 0.319 e. The Kier molecular flexibility index (Phi) is 9.33. The molecule has 2 amide bonds. The van der Waals surface area contributed by atoms with Crippen LogP contribution in [0, 0.1) is 11.3 Å². The molecule has 31 heavy (non-hydrogen) atoms. The smallest absolute Gasteiger partial charge is 0.319 e. The summed E-state index contributed by atoms with van der Waals surface area (Å²) in [6.07, 6.45) is -1.16. The van der Waals surface area contributed by atoms with Crippen LogP contribution in [0.15, 0.2) is 0 Å². The molecule has 0 fully saturated rings. The first-order valence-corrected chi connectivity index (χ1v) is 9.06. The molecule has 12 heteroatoms. The maximum absolute atomic E-state index is 12.2. The predicted octanol–water partition coefficient (Wildman–Crippen LogP) is 0.885. The molecule has 1 heterocycles. The fourth-order valence-electron chi connectivity index (χ4n) is 2.74. The number of carbonyl (C=O) groups is 4. The Balaban J connectivity index is 3.60. The molecule has 1 rings (SSSR count). The van der Waals surface area contributed by atoms with Gasteiger partial charge < -0.3 is 18.9 Å². The molecule has 0 aliphatic heterocycles. The molecule has 0 aromatic carbocycles. The van der Waals surface area contributed by atoms with Gasteiger partial charge in [0.1, 0.15) is 18.4 Å². The lowest BCUT2D eigenvalue weighted by Gasteiger charge is -2.25. The highest BCUT2D eigenvalue weighted by molar-refractivity contribution is 6.14. The maximum atomic E-state index is 12.2. The van der Waals surface area contributed by atoms with Crippen molar-refractivity contribution in [3.8, 4) is 18.0 Å². The number of aromatic nitrogens is 2. The topological polar surface area (TPSA) is 158 Å². The summed E-state index contributed by atoms with van der Waals surface area (Å²) in [4.78, 5) is 55.9. The Labute approximate surface area is 179 Å². The highest BCUT2D eigenvalue weighted by Gasteiger charge is 2.33. The first-order chi connectivity index (χ1) is 14.5. The molecular weight excluding hydrogens is 412 g/mol. The van der Waals surface area contributed by atoms with Crippen molar-refractivity contribution in [2.45, 2.75) is 46.1 Å². The quantitative estimate of drug-likeness (QED) is 0.506. The van der Waals surface area contributed by atoms with Crippen molar-refractivity contribution in [2.75, 3.05) is 25.7 Å². The van der Waals surface area contributed by atoms with Crippen molar-refractivity contribution in [3.05, 3.63) is 5.69 Å². The van der Waals surface area contributed by atoms with Gasteiger partial charge in [0.25, 0.3) is 0 Å². The number of ether oxygens (including phenoxy) is 4. The van der Waals surface area contributed by atoms with Gasteiger partial charge in [0.05, 0.1) is 31.9 Å². The lowest BCUT2D eigenvalue weighted by atomic mass is 9.97. The van der Waals surface area contributed by atoms with Gasteiger partial charge in [-0.2, -0.15) is 15.2 Å². The molecule has 0 radical (unpaired) electrons. The van der Waals surface area contributed by atoms with E-state index in [0.717, 1.165) is 25.7 Å². The van der Waals surface area contributed by atoms with Crippen molar-refractivity contribution >= 4 is 29.4 Å². The van der Waals surface area contributed by atoms with Crippen molar-refractivity contribution in [1.82, 2.24) is 9.97 Å². The largest absolute Gasteiger partial charge is 0.479 e. The van der Waals surface area contributed by atoms with Gasteiger partial charge in [0.2, 0.25) is 17.7 Å². The number of hydrogen-bond donors (Lipinski definition) is 0. The molecule has 1 aromatic heterocycles. The van der Waals surface area contributed by atoms with Crippen LogP contribution in [0.2, 0.25) is 0 Å². The van der Waals surface area contributed by atoms with Gasteiger partial charge in [0, 0.05) is 34.1 Å². The fourth-order valence-corrected chi connectivity index (χ4v) is 2.74. The third kappa shape index (κ3) is 6.91. The van der Waals surface area contributed by atoms with E-state index < -0.39 is 35.8 Å². The van der Waals surface area contributed by atoms with Gasteiger partial charge >= 0.3 is 17.9 Å². The highest BCUT2D eigenvalue weighted by Crippen LogP contribution is 2.37. The van der Waals surface area contributed by atoms with Crippen LogP contribution in [-0.4, -0.2) is 60.7 Å². The summed E-state index contributed by atoms with van der Waals surface area (Å²) in [5.41, 5.74) is -0.194. The second-order valence-corrected chi connectivity index (χ2v) is 6.28. The molecule has 0 N–H and O–H groups in total. The van der Waals surface area contributed by atoms with E-state index in [-0.39, 0.29) is 36.3 Å². The van der Waals surface area contributed by atoms with Crippen LogP contribution < -0.4 is 14.4 Å². The predicted molar refractivity (Wildman–Crippen MR) is 104 cm³/mol. The first kappa shape index (κ1) is 25.3. The van der Waals surface area contributed by atoms with E-state index in [9.17, 15) is 24.4 Å². The minimum absolute atomic E-state index is 0.0587. The van der Waals surface area contributed by atoms with Crippen molar-refractivity contribution in [3.63, 3.8) is 0 Å². The number of imide groups is 1. The first-order valence-electron chi connectivity index (χ1n) is 9.06. The number of anilines is 1. The van der Waals surface area contributed by atoms with E-state index in [1.54, 1.807) is 0 Å². The average Bonchev–Trinajstić information content (AvgIpc) is 2.69. The van der Waals surface area contributed by atoms with Gasteiger partial charge in [-0.25, -0.2) is 4.90 Å². The van der Waals surface area contributed by atoms with Gasteiger partial charge in [-0.1, -0.05) is 0 Å². The van der Waals surface area contributed by atoms with Crippen LogP contribution in [0.5, 0.6) is 11.9 Å². The van der Waals surface area contributed by atoms with E-state index in [1.807, 2.05) is 6.07 Å². The standard InChI is InChI=1S/C19H24N4O8/c1-10(24)23(11(2)25)17-16(21-19(29-6)22-18(17)28-5)14(8-20)7-15(31-13(4)27)9-30-12(3)26/h14-15H,7,9H2,1-6H3. The second-order valence-electron chi connectivity index (χ2n) is 6.28.